The highest BCUT2D eigenvalue weighted by molar-refractivity contribution is 7.09. The average molecular weight is 309 g/mol. The van der Waals surface area contributed by atoms with Crippen LogP contribution in [0.2, 0.25) is 5.02 Å². The summed E-state index contributed by atoms with van der Waals surface area (Å²) in [5.41, 5.74) is 2.34. The van der Waals surface area contributed by atoms with Crippen LogP contribution in [0.4, 0.5) is 0 Å². The summed E-state index contributed by atoms with van der Waals surface area (Å²) in [5.74, 6) is 0. The first-order valence-electron chi connectivity index (χ1n) is 6.80. The van der Waals surface area contributed by atoms with Gasteiger partial charge >= 0.3 is 0 Å². The SMILES string of the molecule is C[C@@H](NCc1csc(C(C)(C)C)n1)c1ccccc1Cl. The summed E-state index contributed by atoms with van der Waals surface area (Å²) >= 11 is 7.94. The van der Waals surface area contributed by atoms with Gasteiger partial charge in [0, 0.05) is 28.4 Å². The van der Waals surface area contributed by atoms with Crippen molar-refractivity contribution in [2.24, 2.45) is 0 Å². The van der Waals surface area contributed by atoms with E-state index in [0.29, 0.717) is 0 Å². The van der Waals surface area contributed by atoms with E-state index >= 15 is 0 Å². The first-order valence-corrected chi connectivity index (χ1v) is 8.06. The van der Waals surface area contributed by atoms with Gasteiger partial charge in [0.25, 0.3) is 0 Å². The van der Waals surface area contributed by atoms with Crippen molar-refractivity contribution in [2.75, 3.05) is 0 Å². The third kappa shape index (κ3) is 3.81. The molecule has 1 N–H and O–H groups in total. The van der Waals surface area contributed by atoms with E-state index < -0.39 is 0 Å². The van der Waals surface area contributed by atoms with Crippen LogP contribution in [0, 0.1) is 0 Å². The minimum atomic E-state index is 0.122. The van der Waals surface area contributed by atoms with Gasteiger partial charge in [-0.15, -0.1) is 11.3 Å². The molecule has 2 nitrogen and oxygen atoms in total. The molecule has 1 aromatic heterocycles. The van der Waals surface area contributed by atoms with Crippen molar-refractivity contribution in [3.05, 3.63) is 50.9 Å². The molecule has 0 aliphatic rings. The quantitative estimate of drug-likeness (QED) is 0.865. The zero-order chi connectivity index (χ0) is 14.8. The summed E-state index contributed by atoms with van der Waals surface area (Å²) in [6.07, 6.45) is 0. The molecular formula is C16H21ClN2S. The molecule has 4 heteroatoms. The molecular weight excluding hydrogens is 288 g/mol. The maximum Gasteiger partial charge on any atom is 0.0982 e. The number of rotatable bonds is 4. The van der Waals surface area contributed by atoms with E-state index in [1.807, 2.05) is 18.2 Å². The smallest absolute Gasteiger partial charge is 0.0982 e. The fourth-order valence-electron chi connectivity index (χ4n) is 1.93. The van der Waals surface area contributed by atoms with E-state index in [2.05, 4.69) is 44.5 Å². The average Bonchev–Trinajstić information content (AvgIpc) is 2.85. The standard InChI is InChI=1S/C16H21ClN2S/c1-11(13-7-5-6-8-14(13)17)18-9-12-10-20-15(19-12)16(2,3)4/h5-8,10-11,18H,9H2,1-4H3/t11-/m1/s1. The van der Waals surface area contributed by atoms with Gasteiger partial charge in [-0.3, -0.25) is 0 Å². The first kappa shape index (κ1) is 15.5. The van der Waals surface area contributed by atoms with Crippen molar-refractivity contribution >= 4 is 22.9 Å². The largest absolute Gasteiger partial charge is 0.304 e. The molecule has 0 bridgehead atoms. The summed E-state index contributed by atoms with van der Waals surface area (Å²) in [4.78, 5) is 4.69. The van der Waals surface area contributed by atoms with Crippen LogP contribution in [0.5, 0.6) is 0 Å². The van der Waals surface area contributed by atoms with E-state index in [9.17, 15) is 0 Å². The number of hydrogen-bond acceptors (Lipinski definition) is 3. The topological polar surface area (TPSA) is 24.9 Å². The van der Waals surface area contributed by atoms with Gasteiger partial charge in [-0.05, 0) is 18.6 Å². The lowest BCUT2D eigenvalue weighted by molar-refractivity contribution is 0.556. The van der Waals surface area contributed by atoms with Crippen LogP contribution in [0.3, 0.4) is 0 Å². The van der Waals surface area contributed by atoms with Crippen LogP contribution in [-0.2, 0) is 12.0 Å². The molecule has 0 saturated carbocycles. The van der Waals surface area contributed by atoms with E-state index in [4.69, 9.17) is 16.6 Å². The lowest BCUT2D eigenvalue weighted by Gasteiger charge is -2.15. The van der Waals surface area contributed by atoms with Crippen molar-refractivity contribution in [2.45, 2.75) is 45.7 Å². The summed E-state index contributed by atoms with van der Waals surface area (Å²) in [7, 11) is 0. The summed E-state index contributed by atoms with van der Waals surface area (Å²) in [6, 6.07) is 8.16. The molecule has 1 aromatic carbocycles. The molecule has 0 amide bonds. The molecule has 108 valence electrons. The number of benzene rings is 1. The maximum atomic E-state index is 6.21. The predicted molar refractivity (Wildman–Crippen MR) is 87.5 cm³/mol. The molecule has 0 unspecified atom stereocenters. The van der Waals surface area contributed by atoms with Crippen LogP contribution in [-0.4, -0.2) is 4.98 Å². The number of thiazole rings is 1. The van der Waals surface area contributed by atoms with E-state index in [1.54, 1.807) is 11.3 Å². The second kappa shape index (κ2) is 6.25. The Kier molecular flexibility index (Phi) is 4.84. The van der Waals surface area contributed by atoms with Gasteiger partial charge in [-0.2, -0.15) is 0 Å². The highest BCUT2D eigenvalue weighted by atomic mass is 35.5. The van der Waals surface area contributed by atoms with Gasteiger partial charge in [0.2, 0.25) is 0 Å². The molecule has 2 rings (SSSR count). The summed E-state index contributed by atoms with van der Waals surface area (Å²) in [5, 5.41) is 7.60. The van der Waals surface area contributed by atoms with Gasteiger partial charge < -0.3 is 5.32 Å². The molecule has 0 spiro atoms. The predicted octanol–water partition coefficient (Wildman–Crippen LogP) is 4.94. The zero-order valence-electron chi connectivity index (χ0n) is 12.4. The van der Waals surface area contributed by atoms with E-state index in [0.717, 1.165) is 22.8 Å². The van der Waals surface area contributed by atoms with Crippen molar-refractivity contribution in [3.8, 4) is 0 Å². The van der Waals surface area contributed by atoms with Crippen molar-refractivity contribution in [1.29, 1.82) is 0 Å². The Bertz CT molecular complexity index is 572. The number of halogens is 1. The lowest BCUT2D eigenvalue weighted by atomic mass is 9.98. The van der Waals surface area contributed by atoms with Gasteiger partial charge in [-0.25, -0.2) is 4.98 Å². The van der Waals surface area contributed by atoms with Crippen LogP contribution in [0.15, 0.2) is 29.6 Å². The van der Waals surface area contributed by atoms with Crippen molar-refractivity contribution in [1.82, 2.24) is 10.3 Å². The second-order valence-electron chi connectivity index (χ2n) is 6.02. The molecule has 1 atom stereocenters. The number of nitrogens with one attached hydrogen (secondary N) is 1. The van der Waals surface area contributed by atoms with Crippen molar-refractivity contribution < 1.29 is 0 Å². The molecule has 1 heterocycles. The fourth-order valence-corrected chi connectivity index (χ4v) is 3.13. The van der Waals surface area contributed by atoms with Crippen LogP contribution >= 0.6 is 22.9 Å². The van der Waals surface area contributed by atoms with Gasteiger partial charge in [0.15, 0.2) is 0 Å². The zero-order valence-corrected chi connectivity index (χ0v) is 14.0. The Balaban J connectivity index is 1.99. The monoisotopic (exact) mass is 308 g/mol. The first-order chi connectivity index (χ1) is 9.38. The van der Waals surface area contributed by atoms with Gasteiger partial charge in [-0.1, -0.05) is 50.6 Å². The number of hydrogen-bond donors (Lipinski definition) is 1. The Morgan fingerprint density at radius 2 is 2.00 bits per heavy atom. The van der Waals surface area contributed by atoms with E-state index in [-0.39, 0.29) is 11.5 Å². The third-order valence-corrected chi connectivity index (χ3v) is 4.82. The van der Waals surface area contributed by atoms with Crippen molar-refractivity contribution in [3.63, 3.8) is 0 Å². The van der Waals surface area contributed by atoms with Crippen LogP contribution in [0.1, 0.15) is 50.0 Å². The number of aromatic nitrogens is 1. The lowest BCUT2D eigenvalue weighted by Crippen LogP contribution is -2.19. The van der Waals surface area contributed by atoms with Crippen LogP contribution < -0.4 is 5.32 Å². The third-order valence-electron chi connectivity index (χ3n) is 3.15. The highest BCUT2D eigenvalue weighted by Crippen LogP contribution is 2.26. The van der Waals surface area contributed by atoms with Gasteiger partial charge in [0.05, 0.1) is 10.7 Å². The molecule has 20 heavy (non-hydrogen) atoms. The minimum Gasteiger partial charge on any atom is -0.304 e. The molecule has 0 saturated heterocycles. The Labute approximate surface area is 130 Å². The van der Waals surface area contributed by atoms with Crippen LogP contribution in [0.25, 0.3) is 0 Å². The molecule has 0 aliphatic heterocycles. The highest BCUT2D eigenvalue weighted by Gasteiger charge is 2.18. The molecule has 2 aromatic rings. The number of nitrogens with zero attached hydrogens (tertiary/aromatic N) is 1. The Hall–Kier alpha value is -0.900. The van der Waals surface area contributed by atoms with E-state index in [1.165, 1.54) is 5.01 Å². The van der Waals surface area contributed by atoms with Gasteiger partial charge in [0.1, 0.15) is 0 Å². The molecule has 0 fully saturated rings. The Morgan fingerprint density at radius 3 is 2.60 bits per heavy atom. The summed E-state index contributed by atoms with van der Waals surface area (Å²) < 4.78 is 0. The minimum absolute atomic E-state index is 0.122. The molecule has 0 radical (unpaired) electrons. The second-order valence-corrected chi connectivity index (χ2v) is 7.28. The normalized spacial score (nSPS) is 13.4. The Morgan fingerprint density at radius 1 is 1.30 bits per heavy atom. The summed E-state index contributed by atoms with van der Waals surface area (Å²) in [6.45, 7) is 9.46. The molecule has 0 aliphatic carbocycles. The maximum absolute atomic E-state index is 6.21. The fraction of sp³-hybridized carbons (Fsp3) is 0.438.